The highest BCUT2D eigenvalue weighted by molar-refractivity contribution is 5.73. The first-order chi connectivity index (χ1) is 7.78. The van der Waals surface area contributed by atoms with Gasteiger partial charge in [-0.15, -0.1) is 0 Å². The topological polar surface area (TPSA) is 66.8 Å². The lowest BCUT2D eigenvalue weighted by atomic mass is 9.67. The van der Waals surface area contributed by atoms with Crippen LogP contribution in [0.15, 0.2) is 0 Å². The third-order valence-electron chi connectivity index (χ3n) is 3.53. The number of carboxylic acids is 1. The molecule has 2 rings (SSSR count). The van der Waals surface area contributed by atoms with E-state index >= 15 is 0 Å². The molecule has 0 radical (unpaired) electrons. The quantitative estimate of drug-likeness (QED) is 0.756. The SMILES string of the molecule is CC(C)(C)OC(=O)N1C[C@@H]2C[C@H](C(=O)O)[C@@H]2C1. The van der Waals surface area contributed by atoms with Crippen LogP contribution in [0.5, 0.6) is 0 Å². The molecule has 17 heavy (non-hydrogen) atoms. The first-order valence-electron chi connectivity index (χ1n) is 5.98. The van der Waals surface area contributed by atoms with Gasteiger partial charge < -0.3 is 14.7 Å². The Hall–Kier alpha value is -1.26. The molecule has 96 valence electrons. The fraction of sp³-hybridized carbons (Fsp3) is 0.833. The maximum absolute atomic E-state index is 11.8. The first-order valence-corrected chi connectivity index (χ1v) is 5.98. The summed E-state index contributed by atoms with van der Waals surface area (Å²) in [6, 6.07) is 0. The molecule has 1 N–H and O–H groups in total. The Kier molecular flexibility index (Phi) is 2.79. The van der Waals surface area contributed by atoms with E-state index < -0.39 is 11.6 Å². The number of carboxylic acid groups (broad SMARTS) is 1. The number of hydrogen-bond acceptors (Lipinski definition) is 3. The summed E-state index contributed by atoms with van der Waals surface area (Å²) in [7, 11) is 0. The summed E-state index contributed by atoms with van der Waals surface area (Å²) in [6.07, 6.45) is 0.371. The molecule has 0 aromatic carbocycles. The van der Waals surface area contributed by atoms with Gasteiger partial charge in [-0.2, -0.15) is 0 Å². The second-order valence-corrected chi connectivity index (χ2v) is 5.99. The molecule has 2 aliphatic rings. The Morgan fingerprint density at radius 2 is 1.94 bits per heavy atom. The minimum absolute atomic E-state index is 0.125. The van der Waals surface area contributed by atoms with E-state index in [1.165, 1.54) is 0 Å². The molecule has 5 nitrogen and oxygen atoms in total. The van der Waals surface area contributed by atoms with Crippen LogP contribution in [-0.2, 0) is 9.53 Å². The van der Waals surface area contributed by atoms with Crippen LogP contribution in [-0.4, -0.2) is 40.8 Å². The lowest BCUT2D eigenvalue weighted by Crippen LogP contribution is -2.40. The minimum atomic E-state index is -0.739. The molecule has 2 fully saturated rings. The Labute approximate surface area is 101 Å². The molecule has 0 spiro atoms. The highest BCUT2D eigenvalue weighted by atomic mass is 16.6. The largest absolute Gasteiger partial charge is 0.481 e. The third kappa shape index (κ3) is 2.37. The Morgan fingerprint density at radius 3 is 2.47 bits per heavy atom. The number of hydrogen-bond donors (Lipinski definition) is 1. The van der Waals surface area contributed by atoms with E-state index in [0.29, 0.717) is 25.4 Å². The second-order valence-electron chi connectivity index (χ2n) is 5.99. The van der Waals surface area contributed by atoms with Gasteiger partial charge in [-0.1, -0.05) is 0 Å². The van der Waals surface area contributed by atoms with Gasteiger partial charge in [-0.25, -0.2) is 4.79 Å². The zero-order valence-electron chi connectivity index (χ0n) is 10.5. The number of likely N-dealkylation sites (tertiary alicyclic amines) is 1. The number of aliphatic carboxylic acids is 1. The van der Waals surface area contributed by atoms with Crippen molar-refractivity contribution >= 4 is 12.1 Å². The molecule has 1 heterocycles. The number of fused-ring (bicyclic) bond motifs is 1. The lowest BCUT2D eigenvalue weighted by Gasteiger charge is -2.35. The molecule has 0 unspecified atom stereocenters. The molecule has 0 bridgehead atoms. The van der Waals surface area contributed by atoms with E-state index in [9.17, 15) is 9.59 Å². The summed E-state index contributed by atoms with van der Waals surface area (Å²) in [4.78, 5) is 24.3. The summed E-state index contributed by atoms with van der Waals surface area (Å²) in [5.41, 5.74) is -0.495. The molecule has 0 aromatic rings. The van der Waals surface area contributed by atoms with Crippen LogP contribution in [0.25, 0.3) is 0 Å². The molecular weight excluding hydrogens is 222 g/mol. The van der Waals surface area contributed by atoms with Crippen LogP contribution in [0.3, 0.4) is 0 Å². The predicted octanol–water partition coefficient (Wildman–Crippen LogP) is 1.57. The summed E-state index contributed by atoms with van der Waals surface area (Å²) >= 11 is 0. The maximum atomic E-state index is 11.8. The van der Waals surface area contributed by atoms with E-state index in [4.69, 9.17) is 9.84 Å². The molecule has 3 atom stereocenters. The van der Waals surface area contributed by atoms with Gasteiger partial charge in [0.05, 0.1) is 5.92 Å². The van der Waals surface area contributed by atoms with Crippen LogP contribution in [0.4, 0.5) is 4.79 Å². The van der Waals surface area contributed by atoms with Crippen molar-refractivity contribution in [2.75, 3.05) is 13.1 Å². The lowest BCUT2D eigenvalue weighted by molar-refractivity contribution is -0.149. The number of rotatable bonds is 1. The predicted molar refractivity (Wildman–Crippen MR) is 60.5 cm³/mol. The van der Waals surface area contributed by atoms with Crippen molar-refractivity contribution < 1.29 is 19.4 Å². The van der Waals surface area contributed by atoms with E-state index in [1.807, 2.05) is 20.8 Å². The van der Waals surface area contributed by atoms with Crippen molar-refractivity contribution in [3.05, 3.63) is 0 Å². The monoisotopic (exact) mass is 241 g/mol. The van der Waals surface area contributed by atoms with Crippen LogP contribution in [0.1, 0.15) is 27.2 Å². The van der Waals surface area contributed by atoms with Crippen LogP contribution >= 0.6 is 0 Å². The Morgan fingerprint density at radius 1 is 1.29 bits per heavy atom. The average Bonchev–Trinajstić information content (AvgIpc) is 2.40. The fourth-order valence-corrected chi connectivity index (χ4v) is 2.67. The normalized spacial score (nSPS) is 31.7. The standard InChI is InChI=1S/C12H19NO4/c1-12(2,3)17-11(16)13-5-7-4-8(10(14)15)9(7)6-13/h7-9H,4-6H2,1-3H3,(H,14,15)/t7-,8-,9+/m0/s1. The first kappa shape index (κ1) is 12.2. The highest BCUT2D eigenvalue weighted by Crippen LogP contribution is 2.45. The van der Waals surface area contributed by atoms with Crippen LogP contribution in [0.2, 0.25) is 0 Å². The third-order valence-corrected chi connectivity index (χ3v) is 3.53. The number of amides is 1. The molecule has 1 aliphatic heterocycles. The molecule has 1 amide bonds. The molecule has 1 saturated heterocycles. The van der Waals surface area contributed by atoms with E-state index in [1.54, 1.807) is 4.90 Å². The maximum Gasteiger partial charge on any atom is 0.410 e. The number of carbonyl (C=O) groups excluding carboxylic acids is 1. The van der Waals surface area contributed by atoms with Gasteiger partial charge in [-0.3, -0.25) is 4.79 Å². The van der Waals surface area contributed by atoms with Crippen molar-refractivity contribution in [2.45, 2.75) is 32.8 Å². The van der Waals surface area contributed by atoms with Gasteiger partial charge in [0.2, 0.25) is 0 Å². The molecule has 1 aliphatic carbocycles. The number of ether oxygens (including phenoxy) is 1. The van der Waals surface area contributed by atoms with E-state index in [0.717, 1.165) is 0 Å². The fourth-order valence-electron chi connectivity index (χ4n) is 2.67. The van der Waals surface area contributed by atoms with E-state index in [-0.39, 0.29) is 17.9 Å². The summed E-state index contributed by atoms with van der Waals surface area (Å²) in [5, 5.41) is 8.96. The van der Waals surface area contributed by atoms with E-state index in [2.05, 4.69) is 0 Å². The summed E-state index contributed by atoms with van der Waals surface area (Å²) in [5.74, 6) is -0.534. The minimum Gasteiger partial charge on any atom is -0.481 e. The highest BCUT2D eigenvalue weighted by Gasteiger charge is 2.51. The zero-order valence-corrected chi connectivity index (χ0v) is 10.5. The smallest absolute Gasteiger partial charge is 0.410 e. The van der Waals surface area contributed by atoms with Gasteiger partial charge in [0, 0.05) is 13.1 Å². The van der Waals surface area contributed by atoms with Crippen molar-refractivity contribution in [2.24, 2.45) is 17.8 Å². The summed E-state index contributed by atoms with van der Waals surface area (Å²) in [6.45, 7) is 6.65. The number of carbonyl (C=O) groups is 2. The molecule has 1 saturated carbocycles. The number of nitrogens with zero attached hydrogens (tertiary/aromatic N) is 1. The Balaban J connectivity index is 1.91. The molecule has 5 heteroatoms. The Bertz CT molecular complexity index is 347. The van der Waals surface area contributed by atoms with Gasteiger partial charge in [-0.05, 0) is 39.0 Å². The van der Waals surface area contributed by atoms with Gasteiger partial charge in [0.1, 0.15) is 5.60 Å². The van der Waals surface area contributed by atoms with Gasteiger partial charge in [0.15, 0.2) is 0 Å². The zero-order chi connectivity index (χ0) is 12.8. The van der Waals surface area contributed by atoms with Crippen LogP contribution < -0.4 is 0 Å². The van der Waals surface area contributed by atoms with Gasteiger partial charge in [0.25, 0.3) is 0 Å². The van der Waals surface area contributed by atoms with Gasteiger partial charge >= 0.3 is 12.1 Å². The average molecular weight is 241 g/mol. The summed E-state index contributed by atoms with van der Waals surface area (Å²) < 4.78 is 5.28. The van der Waals surface area contributed by atoms with Crippen molar-refractivity contribution in [1.29, 1.82) is 0 Å². The van der Waals surface area contributed by atoms with Crippen molar-refractivity contribution in [3.8, 4) is 0 Å². The van der Waals surface area contributed by atoms with Crippen molar-refractivity contribution in [1.82, 2.24) is 4.90 Å². The van der Waals surface area contributed by atoms with Crippen molar-refractivity contribution in [3.63, 3.8) is 0 Å². The molecular formula is C12H19NO4. The molecule has 0 aromatic heterocycles. The van der Waals surface area contributed by atoms with Crippen LogP contribution in [0, 0.1) is 17.8 Å². The second kappa shape index (κ2) is 3.89.